The van der Waals surface area contributed by atoms with Crippen LogP contribution in [0.5, 0.6) is 11.5 Å². The summed E-state index contributed by atoms with van der Waals surface area (Å²) in [5, 5.41) is 22.8. The van der Waals surface area contributed by atoms with Crippen LogP contribution < -0.4 is 4.74 Å². The minimum Gasteiger partial charge on any atom is -0.507 e. The number of ether oxygens (including phenoxy) is 1. The van der Waals surface area contributed by atoms with Gasteiger partial charge in [-0.25, -0.2) is 0 Å². The summed E-state index contributed by atoms with van der Waals surface area (Å²) in [6.45, 7) is 2.81. The maximum atomic E-state index is 10.2. The van der Waals surface area contributed by atoms with Gasteiger partial charge in [0.25, 0.3) is 0 Å². The third kappa shape index (κ3) is 4.74. The summed E-state index contributed by atoms with van der Waals surface area (Å²) < 4.78 is 5.65. The van der Waals surface area contributed by atoms with E-state index in [4.69, 9.17) is 4.74 Å². The molecule has 2 aromatic carbocycles. The molecule has 4 nitrogen and oxygen atoms in total. The lowest BCUT2D eigenvalue weighted by Gasteiger charge is -2.10. The van der Waals surface area contributed by atoms with Crippen molar-refractivity contribution in [3.63, 3.8) is 0 Å². The highest BCUT2D eigenvalue weighted by atomic mass is 16.5. The number of phenolic OH excluding ortho intramolecular Hbond substituents is 1. The zero-order valence-electron chi connectivity index (χ0n) is 13.4. The smallest absolute Gasteiger partial charge is 0.128 e. The Balaban J connectivity index is 2.07. The number of benzene rings is 2. The van der Waals surface area contributed by atoms with Crippen LogP contribution in [-0.2, 0) is 0 Å². The van der Waals surface area contributed by atoms with Gasteiger partial charge in [0.05, 0.1) is 6.61 Å². The number of aromatic hydroxyl groups is 1. The van der Waals surface area contributed by atoms with Crippen molar-refractivity contribution < 1.29 is 15.1 Å². The summed E-state index contributed by atoms with van der Waals surface area (Å²) in [5.41, 5.74) is 1.54. The van der Waals surface area contributed by atoms with Crippen LogP contribution in [0.4, 0.5) is 0 Å². The molecule has 0 aliphatic carbocycles. The maximum Gasteiger partial charge on any atom is 0.128 e. The molecule has 0 saturated carbocycles. The molecule has 0 heterocycles. The van der Waals surface area contributed by atoms with E-state index < -0.39 is 0 Å². The van der Waals surface area contributed by atoms with E-state index in [1.165, 1.54) is 12.8 Å². The van der Waals surface area contributed by atoms with Gasteiger partial charge in [-0.05, 0) is 18.6 Å². The van der Waals surface area contributed by atoms with Gasteiger partial charge in [0.15, 0.2) is 0 Å². The number of hydrogen-bond acceptors (Lipinski definition) is 4. The van der Waals surface area contributed by atoms with Gasteiger partial charge in [-0.15, -0.1) is 0 Å². The van der Waals surface area contributed by atoms with E-state index in [9.17, 15) is 10.3 Å². The fraction of sp³-hybridized carbons (Fsp3) is 0.316. The Morgan fingerprint density at radius 3 is 2.48 bits per heavy atom. The Bertz CT molecular complexity index is 638. The van der Waals surface area contributed by atoms with Crippen LogP contribution >= 0.6 is 0 Å². The highest BCUT2D eigenvalue weighted by Gasteiger charge is 2.13. The summed E-state index contributed by atoms with van der Waals surface area (Å²) in [4.78, 5) is 0. The van der Waals surface area contributed by atoms with Gasteiger partial charge in [0.2, 0.25) is 0 Å². The van der Waals surface area contributed by atoms with E-state index >= 15 is 0 Å². The molecule has 0 unspecified atom stereocenters. The predicted molar refractivity (Wildman–Crippen MR) is 91.6 cm³/mol. The molecule has 0 radical (unpaired) electrons. The number of nitrogens with zero attached hydrogens (tertiary/aromatic N) is 1. The molecule has 0 fully saturated rings. The summed E-state index contributed by atoms with van der Waals surface area (Å²) >= 11 is 0. The summed E-state index contributed by atoms with van der Waals surface area (Å²) in [6, 6.07) is 14.3. The van der Waals surface area contributed by atoms with Crippen LogP contribution in [0, 0.1) is 0 Å². The Morgan fingerprint density at radius 2 is 1.83 bits per heavy atom. The van der Waals surface area contributed by atoms with E-state index in [2.05, 4.69) is 12.1 Å². The predicted octanol–water partition coefficient (Wildman–Crippen LogP) is 4.58. The third-order valence-electron chi connectivity index (χ3n) is 3.64. The van der Waals surface area contributed by atoms with Crippen LogP contribution in [0.2, 0.25) is 0 Å². The minimum atomic E-state index is 0.0349. The van der Waals surface area contributed by atoms with Crippen LogP contribution in [0.15, 0.2) is 53.7 Å². The monoisotopic (exact) mass is 313 g/mol. The number of unbranched alkanes of at least 4 members (excludes halogenated alkanes) is 3. The number of oxime groups is 1. The second kappa shape index (κ2) is 8.83. The van der Waals surface area contributed by atoms with Crippen molar-refractivity contribution in [2.45, 2.75) is 32.6 Å². The first-order chi connectivity index (χ1) is 11.3. The van der Waals surface area contributed by atoms with Crippen LogP contribution in [0.1, 0.15) is 43.7 Å². The SMILES string of the molecule is CCCCCCOc1ccc(C(=NO)c2ccccc2)c(O)c1. The van der Waals surface area contributed by atoms with Gasteiger partial charge in [0.1, 0.15) is 17.2 Å². The highest BCUT2D eigenvalue weighted by molar-refractivity contribution is 6.14. The van der Waals surface area contributed by atoms with Crippen molar-refractivity contribution in [1.82, 2.24) is 0 Å². The van der Waals surface area contributed by atoms with E-state index in [1.54, 1.807) is 18.2 Å². The molecule has 0 saturated heterocycles. The summed E-state index contributed by atoms with van der Waals surface area (Å²) in [7, 11) is 0. The van der Waals surface area contributed by atoms with Crippen molar-refractivity contribution in [3.05, 3.63) is 59.7 Å². The Hall–Kier alpha value is -2.49. The molecule has 122 valence electrons. The van der Waals surface area contributed by atoms with Crippen molar-refractivity contribution in [3.8, 4) is 11.5 Å². The molecule has 0 bridgehead atoms. The third-order valence-corrected chi connectivity index (χ3v) is 3.64. The van der Waals surface area contributed by atoms with E-state index in [0.717, 1.165) is 18.4 Å². The first-order valence-corrected chi connectivity index (χ1v) is 8.00. The van der Waals surface area contributed by atoms with E-state index in [0.29, 0.717) is 23.6 Å². The van der Waals surface area contributed by atoms with Gasteiger partial charge in [-0.3, -0.25) is 0 Å². The van der Waals surface area contributed by atoms with E-state index in [1.807, 2.05) is 30.3 Å². The van der Waals surface area contributed by atoms with Gasteiger partial charge in [-0.1, -0.05) is 61.7 Å². The Morgan fingerprint density at radius 1 is 1.04 bits per heavy atom. The second-order valence-corrected chi connectivity index (χ2v) is 5.40. The molecule has 0 aliphatic heterocycles. The highest BCUT2D eigenvalue weighted by Crippen LogP contribution is 2.26. The van der Waals surface area contributed by atoms with Gasteiger partial charge in [-0.2, -0.15) is 0 Å². The quantitative estimate of drug-likeness (QED) is 0.324. The molecule has 0 amide bonds. The van der Waals surface area contributed by atoms with Crippen molar-refractivity contribution in [2.75, 3.05) is 6.61 Å². The lowest BCUT2D eigenvalue weighted by Crippen LogP contribution is -2.04. The molecule has 0 spiro atoms. The van der Waals surface area contributed by atoms with Crippen molar-refractivity contribution >= 4 is 5.71 Å². The van der Waals surface area contributed by atoms with Gasteiger partial charge >= 0.3 is 0 Å². The molecule has 4 heteroatoms. The molecule has 0 aromatic heterocycles. The first-order valence-electron chi connectivity index (χ1n) is 8.00. The largest absolute Gasteiger partial charge is 0.507 e. The number of phenols is 1. The molecule has 2 rings (SSSR count). The van der Waals surface area contributed by atoms with Crippen LogP contribution in [0.3, 0.4) is 0 Å². The van der Waals surface area contributed by atoms with Gasteiger partial charge < -0.3 is 15.1 Å². The lowest BCUT2D eigenvalue weighted by atomic mass is 10.0. The lowest BCUT2D eigenvalue weighted by molar-refractivity contribution is 0.303. The minimum absolute atomic E-state index is 0.0349. The fourth-order valence-electron chi connectivity index (χ4n) is 2.38. The summed E-state index contributed by atoms with van der Waals surface area (Å²) in [6.07, 6.45) is 4.55. The molecule has 23 heavy (non-hydrogen) atoms. The Kier molecular flexibility index (Phi) is 6.48. The molecule has 2 N–H and O–H groups in total. The van der Waals surface area contributed by atoms with Crippen LogP contribution in [0.25, 0.3) is 0 Å². The zero-order chi connectivity index (χ0) is 16.5. The van der Waals surface area contributed by atoms with Crippen molar-refractivity contribution in [1.29, 1.82) is 0 Å². The van der Waals surface area contributed by atoms with Crippen molar-refractivity contribution in [2.24, 2.45) is 5.16 Å². The molecule has 0 aliphatic rings. The normalized spacial score (nSPS) is 11.4. The molecular formula is C19H23NO3. The molecule has 2 aromatic rings. The zero-order valence-corrected chi connectivity index (χ0v) is 13.4. The molecular weight excluding hydrogens is 290 g/mol. The van der Waals surface area contributed by atoms with Gasteiger partial charge in [0, 0.05) is 17.2 Å². The average molecular weight is 313 g/mol. The standard InChI is InChI=1S/C19H23NO3/c1-2-3-4-8-13-23-16-11-12-17(18(21)14-16)19(20-22)15-9-6-5-7-10-15/h5-7,9-12,14,21-22H,2-4,8,13H2,1H3. The average Bonchev–Trinajstić information content (AvgIpc) is 2.58. The topological polar surface area (TPSA) is 62.0 Å². The second-order valence-electron chi connectivity index (χ2n) is 5.40. The summed E-state index contributed by atoms with van der Waals surface area (Å²) in [5.74, 6) is 0.654. The number of rotatable bonds is 8. The fourth-order valence-corrected chi connectivity index (χ4v) is 2.38. The van der Waals surface area contributed by atoms with E-state index in [-0.39, 0.29) is 5.75 Å². The maximum absolute atomic E-state index is 10.2. The molecule has 0 atom stereocenters. The van der Waals surface area contributed by atoms with Crippen LogP contribution in [-0.4, -0.2) is 22.6 Å². The first kappa shape index (κ1) is 16.9. The number of hydrogen-bond donors (Lipinski definition) is 2. The Labute approximate surface area is 137 Å².